The number of carbonyl (C=O) groups is 1. The molecule has 1 aromatic rings. The SMILES string of the molecule is COc1ccc(C)cc1C(=O)NC(C)(C)C(N)=NO. The van der Waals surface area contributed by atoms with Gasteiger partial charge in [0, 0.05) is 0 Å². The highest BCUT2D eigenvalue weighted by Gasteiger charge is 2.27. The van der Waals surface area contributed by atoms with Crippen molar-refractivity contribution in [2.45, 2.75) is 26.3 Å². The number of nitrogens with one attached hydrogen (secondary N) is 1. The predicted molar refractivity (Wildman–Crippen MR) is 72.7 cm³/mol. The van der Waals surface area contributed by atoms with Crippen molar-refractivity contribution in [3.8, 4) is 5.75 Å². The molecule has 0 spiro atoms. The van der Waals surface area contributed by atoms with Crippen LogP contribution in [-0.2, 0) is 0 Å². The smallest absolute Gasteiger partial charge is 0.255 e. The number of rotatable bonds is 4. The number of nitrogens with zero attached hydrogens (tertiary/aromatic N) is 1. The summed E-state index contributed by atoms with van der Waals surface area (Å²) in [5.74, 6) is 0.0445. The average Bonchev–Trinajstić information content (AvgIpc) is 2.37. The van der Waals surface area contributed by atoms with E-state index in [0.29, 0.717) is 11.3 Å². The van der Waals surface area contributed by atoms with Crippen LogP contribution in [0.5, 0.6) is 5.75 Å². The highest BCUT2D eigenvalue weighted by atomic mass is 16.5. The lowest BCUT2D eigenvalue weighted by Crippen LogP contribution is -2.53. The molecule has 0 atom stereocenters. The van der Waals surface area contributed by atoms with Gasteiger partial charge in [0.1, 0.15) is 5.75 Å². The van der Waals surface area contributed by atoms with Gasteiger partial charge in [0.2, 0.25) is 0 Å². The summed E-state index contributed by atoms with van der Waals surface area (Å²) in [5, 5.41) is 14.3. The van der Waals surface area contributed by atoms with Crippen molar-refractivity contribution in [3.05, 3.63) is 29.3 Å². The fourth-order valence-electron chi connectivity index (χ4n) is 1.54. The van der Waals surface area contributed by atoms with Gasteiger partial charge in [0.05, 0.1) is 18.2 Å². The molecule has 6 nitrogen and oxygen atoms in total. The normalized spacial score (nSPS) is 12.1. The third-order valence-electron chi connectivity index (χ3n) is 2.77. The van der Waals surface area contributed by atoms with Gasteiger partial charge in [-0.05, 0) is 32.9 Å². The van der Waals surface area contributed by atoms with Gasteiger partial charge in [-0.25, -0.2) is 0 Å². The van der Waals surface area contributed by atoms with Crippen LogP contribution in [0.2, 0.25) is 0 Å². The minimum absolute atomic E-state index is 0.0764. The Kier molecular flexibility index (Phi) is 4.37. The number of aryl methyl sites for hydroxylation is 1. The minimum atomic E-state index is -0.958. The zero-order chi connectivity index (χ0) is 14.6. The Bertz CT molecular complexity index is 510. The lowest BCUT2D eigenvalue weighted by Gasteiger charge is -2.25. The number of methoxy groups -OCH3 is 1. The molecule has 1 rings (SSSR count). The zero-order valence-electron chi connectivity index (χ0n) is 11.5. The molecule has 6 heteroatoms. The number of ether oxygens (including phenoxy) is 1. The molecular formula is C13H19N3O3. The van der Waals surface area contributed by atoms with Crippen LogP contribution < -0.4 is 15.8 Å². The second kappa shape index (κ2) is 5.60. The molecule has 19 heavy (non-hydrogen) atoms. The van der Waals surface area contributed by atoms with Gasteiger partial charge < -0.3 is 21.0 Å². The van der Waals surface area contributed by atoms with E-state index in [0.717, 1.165) is 5.56 Å². The monoisotopic (exact) mass is 265 g/mol. The molecule has 0 saturated heterocycles. The van der Waals surface area contributed by atoms with Crippen LogP contribution in [-0.4, -0.2) is 29.6 Å². The Balaban J connectivity index is 3.05. The largest absolute Gasteiger partial charge is 0.496 e. The van der Waals surface area contributed by atoms with Crippen LogP contribution in [0.15, 0.2) is 23.4 Å². The molecule has 0 aromatic heterocycles. The molecule has 0 aliphatic heterocycles. The Morgan fingerprint density at radius 2 is 2.11 bits per heavy atom. The van der Waals surface area contributed by atoms with E-state index >= 15 is 0 Å². The Hall–Kier alpha value is -2.24. The molecular weight excluding hydrogens is 246 g/mol. The quantitative estimate of drug-likeness (QED) is 0.330. The molecule has 4 N–H and O–H groups in total. The highest BCUT2D eigenvalue weighted by Crippen LogP contribution is 2.20. The molecule has 0 radical (unpaired) electrons. The molecule has 0 saturated carbocycles. The number of nitrogens with two attached hydrogens (primary N) is 1. The van der Waals surface area contributed by atoms with Crippen LogP contribution in [0.3, 0.4) is 0 Å². The minimum Gasteiger partial charge on any atom is -0.496 e. The lowest BCUT2D eigenvalue weighted by molar-refractivity contribution is 0.0927. The van der Waals surface area contributed by atoms with Crippen molar-refractivity contribution in [3.63, 3.8) is 0 Å². The number of benzene rings is 1. The summed E-state index contributed by atoms with van der Waals surface area (Å²) in [4.78, 5) is 12.2. The molecule has 104 valence electrons. The summed E-state index contributed by atoms with van der Waals surface area (Å²) in [6.45, 7) is 5.16. The molecule has 0 unspecified atom stereocenters. The summed E-state index contributed by atoms with van der Waals surface area (Å²) in [6, 6.07) is 5.29. The predicted octanol–water partition coefficient (Wildman–Crippen LogP) is 1.26. The number of carbonyl (C=O) groups excluding carboxylic acids is 1. The van der Waals surface area contributed by atoms with Gasteiger partial charge in [-0.3, -0.25) is 4.79 Å². The Morgan fingerprint density at radius 1 is 1.47 bits per heavy atom. The number of amides is 1. The van der Waals surface area contributed by atoms with Crippen molar-refractivity contribution < 1.29 is 14.7 Å². The lowest BCUT2D eigenvalue weighted by atomic mass is 10.0. The van der Waals surface area contributed by atoms with E-state index in [2.05, 4.69) is 10.5 Å². The van der Waals surface area contributed by atoms with Crippen LogP contribution in [0.25, 0.3) is 0 Å². The van der Waals surface area contributed by atoms with E-state index in [1.807, 2.05) is 13.0 Å². The van der Waals surface area contributed by atoms with Gasteiger partial charge in [0.15, 0.2) is 5.84 Å². The standard InChI is InChI=1S/C13H19N3O3/c1-8-5-6-10(19-4)9(7-8)11(17)15-13(2,3)12(14)16-18/h5-7,18H,1-4H3,(H2,14,16)(H,15,17). The second-order valence-corrected chi connectivity index (χ2v) is 4.77. The summed E-state index contributed by atoms with van der Waals surface area (Å²) in [7, 11) is 1.50. The van der Waals surface area contributed by atoms with Crippen molar-refractivity contribution >= 4 is 11.7 Å². The van der Waals surface area contributed by atoms with Gasteiger partial charge in [-0.2, -0.15) is 0 Å². The fraction of sp³-hybridized carbons (Fsp3) is 0.385. The first-order chi connectivity index (χ1) is 8.81. The topological polar surface area (TPSA) is 96.9 Å². The van der Waals surface area contributed by atoms with Gasteiger partial charge in [-0.15, -0.1) is 0 Å². The number of amidine groups is 1. The molecule has 0 heterocycles. The van der Waals surface area contributed by atoms with Crippen LogP contribution in [0.4, 0.5) is 0 Å². The van der Waals surface area contributed by atoms with Crippen LogP contribution in [0.1, 0.15) is 29.8 Å². The van der Waals surface area contributed by atoms with Crippen molar-refractivity contribution in [1.29, 1.82) is 0 Å². The molecule has 0 aliphatic carbocycles. The van der Waals surface area contributed by atoms with E-state index in [4.69, 9.17) is 15.7 Å². The summed E-state index contributed by atoms with van der Waals surface area (Å²) >= 11 is 0. The molecule has 0 aliphatic rings. The van der Waals surface area contributed by atoms with E-state index < -0.39 is 5.54 Å². The fourth-order valence-corrected chi connectivity index (χ4v) is 1.54. The van der Waals surface area contributed by atoms with Gasteiger partial charge in [0.25, 0.3) is 5.91 Å². The zero-order valence-corrected chi connectivity index (χ0v) is 11.5. The maximum absolute atomic E-state index is 12.2. The maximum atomic E-state index is 12.2. The highest BCUT2D eigenvalue weighted by molar-refractivity contribution is 6.01. The molecule has 0 fully saturated rings. The van der Waals surface area contributed by atoms with Crippen molar-refractivity contribution in [2.75, 3.05) is 7.11 Å². The summed E-state index contributed by atoms with van der Waals surface area (Å²) in [6.07, 6.45) is 0. The first-order valence-electron chi connectivity index (χ1n) is 5.77. The average molecular weight is 265 g/mol. The molecule has 1 aromatic carbocycles. The Labute approximate surface area is 112 Å². The van der Waals surface area contributed by atoms with Gasteiger partial charge in [-0.1, -0.05) is 16.8 Å². The van der Waals surface area contributed by atoms with E-state index in [-0.39, 0.29) is 11.7 Å². The molecule has 1 amide bonds. The first kappa shape index (κ1) is 14.8. The first-order valence-corrected chi connectivity index (χ1v) is 5.77. The van der Waals surface area contributed by atoms with Crippen molar-refractivity contribution in [1.82, 2.24) is 5.32 Å². The number of hydrogen-bond acceptors (Lipinski definition) is 4. The number of hydrogen-bond donors (Lipinski definition) is 3. The Morgan fingerprint density at radius 3 is 2.63 bits per heavy atom. The third-order valence-corrected chi connectivity index (χ3v) is 2.77. The summed E-state index contributed by atoms with van der Waals surface area (Å²) in [5.41, 5.74) is 5.92. The van der Waals surface area contributed by atoms with Crippen LogP contribution >= 0.6 is 0 Å². The maximum Gasteiger partial charge on any atom is 0.255 e. The van der Waals surface area contributed by atoms with E-state index in [1.54, 1.807) is 26.0 Å². The van der Waals surface area contributed by atoms with Crippen LogP contribution in [0, 0.1) is 6.92 Å². The molecule has 0 bridgehead atoms. The third kappa shape index (κ3) is 3.37. The van der Waals surface area contributed by atoms with E-state index in [9.17, 15) is 4.79 Å². The number of oxime groups is 1. The van der Waals surface area contributed by atoms with Gasteiger partial charge >= 0.3 is 0 Å². The summed E-state index contributed by atoms with van der Waals surface area (Å²) < 4.78 is 5.15. The second-order valence-electron chi connectivity index (χ2n) is 4.77. The van der Waals surface area contributed by atoms with E-state index in [1.165, 1.54) is 7.11 Å². The van der Waals surface area contributed by atoms with Crippen molar-refractivity contribution in [2.24, 2.45) is 10.9 Å².